The number of benzene rings is 2. The van der Waals surface area contributed by atoms with Crippen LogP contribution in [-0.4, -0.2) is 43.8 Å². The van der Waals surface area contributed by atoms with Crippen LogP contribution in [0, 0.1) is 13.8 Å². The third-order valence-electron chi connectivity index (χ3n) is 4.57. The molecule has 0 aliphatic rings. The van der Waals surface area contributed by atoms with E-state index in [-0.39, 0.29) is 30.1 Å². The van der Waals surface area contributed by atoms with E-state index in [4.69, 9.17) is 9.47 Å². The Bertz CT molecular complexity index is 914. The second-order valence-electron chi connectivity index (χ2n) is 6.86. The van der Waals surface area contributed by atoms with Crippen LogP contribution in [0.25, 0.3) is 0 Å². The number of ether oxygens (including phenoxy) is 3. The van der Waals surface area contributed by atoms with E-state index in [9.17, 15) is 36.2 Å². The zero-order chi connectivity index (χ0) is 24.3. The maximum Gasteiger partial charge on any atom is 0.430 e. The van der Waals surface area contributed by atoms with Gasteiger partial charge in [-0.1, -0.05) is 0 Å². The van der Waals surface area contributed by atoms with Crippen molar-refractivity contribution in [2.75, 3.05) is 20.3 Å². The standard InChI is InChI=1S/C21H20F6O5/c1-12-10-15(19(29,20(22,23)24)21(25,26)27)11-13(2)17(12)32-9-8-31-16-6-4-14(5-7-16)18(28)30-3/h4-7,10-11,29H,8-9H2,1-3H3. The molecule has 1 N–H and O–H groups in total. The van der Waals surface area contributed by atoms with Gasteiger partial charge in [0.25, 0.3) is 5.60 Å². The first-order valence-corrected chi connectivity index (χ1v) is 9.14. The number of methoxy groups -OCH3 is 1. The second kappa shape index (κ2) is 9.27. The third-order valence-corrected chi connectivity index (χ3v) is 4.57. The molecule has 2 aromatic carbocycles. The van der Waals surface area contributed by atoms with E-state index in [2.05, 4.69) is 4.74 Å². The fourth-order valence-corrected chi connectivity index (χ4v) is 2.98. The first-order valence-electron chi connectivity index (χ1n) is 9.14. The largest absolute Gasteiger partial charge is 0.490 e. The number of esters is 1. The molecule has 0 spiro atoms. The molecule has 0 aliphatic carbocycles. The van der Waals surface area contributed by atoms with Gasteiger partial charge in [-0.3, -0.25) is 0 Å². The highest BCUT2D eigenvalue weighted by atomic mass is 19.4. The molecule has 2 aromatic rings. The number of halogens is 6. The highest BCUT2D eigenvalue weighted by Gasteiger charge is 2.71. The van der Waals surface area contributed by atoms with Crippen LogP contribution >= 0.6 is 0 Å². The molecule has 0 aliphatic heterocycles. The summed E-state index contributed by atoms with van der Waals surface area (Å²) in [7, 11) is 1.24. The van der Waals surface area contributed by atoms with E-state index < -0.39 is 29.5 Å². The molecule has 0 saturated carbocycles. The van der Waals surface area contributed by atoms with Crippen LogP contribution in [0.2, 0.25) is 0 Å². The zero-order valence-corrected chi connectivity index (χ0v) is 17.2. The molecule has 0 saturated heterocycles. The van der Waals surface area contributed by atoms with E-state index in [1.54, 1.807) is 0 Å². The average molecular weight is 466 g/mol. The lowest BCUT2D eigenvalue weighted by molar-refractivity contribution is -0.376. The minimum atomic E-state index is -5.97. The number of aliphatic hydroxyl groups is 1. The molecule has 0 fully saturated rings. The van der Waals surface area contributed by atoms with Gasteiger partial charge in [-0.15, -0.1) is 0 Å². The summed E-state index contributed by atoms with van der Waals surface area (Å²) in [5.41, 5.74) is -6.07. The Morgan fingerprint density at radius 1 is 0.875 bits per heavy atom. The van der Waals surface area contributed by atoms with E-state index >= 15 is 0 Å². The monoisotopic (exact) mass is 466 g/mol. The molecule has 0 bridgehead atoms. The maximum absolute atomic E-state index is 13.1. The van der Waals surface area contributed by atoms with Gasteiger partial charge in [0.2, 0.25) is 0 Å². The Kier molecular flexibility index (Phi) is 7.33. The summed E-state index contributed by atoms with van der Waals surface area (Å²) in [6, 6.07) is 7.19. The van der Waals surface area contributed by atoms with Gasteiger partial charge < -0.3 is 19.3 Å². The molecule has 176 valence electrons. The predicted octanol–water partition coefficient (Wildman–Crippen LogP) is 4.86. The quantitative estimate of drug-likeness (QED) is 0.359. The molecule has 11 heteroatoms. The second-order valence-corrected chi connectivity index (χ2v) is 6.86. The van der Waals surface area contributed by atoms with Crippen LogP contribution in [0.15, 0.2) is 36.4 Å². The van der Waals surface area contributed by atoms with Crippen molar-refractivity contribution in [1.82, 2.24) is 0 Å². The van der Waals surface area contributed by atoms with Crippen LogP contribution in [0.4, 0.5) is 26.3 Å². The lowest BCUT2D eigenvalue weighted by Gasteiger charge is -2.33. The molecular weight excluding hydrogens is 446 g/mol. The fraction of sp³-hybridized carbons (Fsp3) is 0.381. The lowest BCUT2D eigenvalue weighted by Crippen LogP contribution is -2.54. The van der Waals surface area contributed by atoms with Crippen LogP contribution in [0.5, 0.6) is 11.5 Å². The number of carbonyl (C=O) groups is 1. The van der Waals surface area contributed by atoms with Crippen LogP contribution in [0.3, 0.4) is 0 Å². The number of hydrogen-bond acceptors (Lipinski definition) is 5. The van der Waals surface area contributed by atoms with Gasteiger partial charge in [-0.25, -0.2) is 4.79 Å². The first-order chi connectivity index (χ1) is 14.7. The summed E-state index contributed by atoms with van der Waals surface area (Å²) in [4.78, 5) is 11.4. The molecule has 0 atom stereocenters. The molecule has 0 aromatic heterocycles. The van der Waals surface area contributed by atoms with Crippen molar-refractivity contribution < 1.29 is 50.5 Å². The fourth-order valence-electron chi connectivity index (χ4n) is 2.98. The molecule has 5 nitrogen and oxygen atoms in total. The Labute approximate surface area is 179 Å². The Balaban J connectivity index is 2.10. The third kappa shape index (κ3) is 5.09. The van der Waals surface area contributed by atoms with Gasteiger partial charge in [-0.2, -0.15) is 26.3 Å². The average Bonchev–Trinajstić information content (AvgIpc) is 2.70. The van der Waals surface area contributed by atoms with E-state index in [1.807, 2.05) is 0 Å². The maximum atomic E-state index is 13.1. The van der Waals surface area contributed by atoms with Crippen molar-refractivity contribution in [1.29, 1.82) is 0 Å². The van der Waals surface area contributed by atoms with E-state index in [0.29, 0.717) is 23.4 Å². The van der Waals surface area contributed by atoms with Crippen molar-refractivity contribution in [3.8, 4) is 11.5 Å². The topological polar surface area (TPSA) is 65.0 Å². The minimum absolute atomic E-state index is 0.00718. The molecule has 0 heterocycles. The summed E-state index contributed by atoms with van der Waals surface area (Å²) in [5.74, 6) is -0.0345. The molecule has 32 heavy (non-hydrogen) atoms. The van der Waals surface area contributed by atoms with Crippen molar-refractivity contribution in [3.05, 3.63) is 58.7 Å². The lowest BCUT2D eigenvalue weighted by atomic mass is 9.89. The van der Waals surface area contributed by atoms with Gasteiger partial charge in [-0.05, 0) is 61.4 Å². The SMILES string of the molecule is COC(=O)c1ccc(OCCOc2c(C)cc(C(O)(C(F)(F)F)C(F)(F)F)cc2C)cc1. The van der Waals surface area contributed by atoms with Crippen molar-refractivity contribution in [3.63, 3.8) is 0 Å². The molecule has 0 unspecified atom stereocenters. The Morgan fingerprint density at radius 3 is 1.78 bits per heavy atom. The van der Waals surface area contributed by atoms with Crippen molar-refractivity contribution >= 4 is 5.97 Å². The van der Waals surface area contributed by atoms with E-state index in [0.717, 1.165) is 0 Å². The molecule has 2 rings (SSSR count). The minimum Gasteiger partial charge on any atom is -0.490 e. The van der Waals surface area contributed by atoms with Gasteiger partial charge in [0.1, 0.15) is 24.7 Å². The molecule has 0 radical (unpaired) electrons. The van der Waals surface area contributed by atoms with Crippen LogP contribution in [0.1, 0.15) is 27.0 Å². The summed E-state index contributed by atoms with van der Waals surface area (Å²) >= 11 is 0. The summed E-state index contributed by atoms with van der Waals surface area (Å²) < 4.78 is 94.1. The van der Waals surface area contributed by atoms with Crippen LogP contribution < -0.4 is 9.47 Å². The predicted molar refractivity (Wildman–Crippen MR) is 101 cm³/mol. The summed E-state index contributed by atoms with van der Waals surface area (Å²) in [5, 5.41) is 9.57. The van der Waals surface area contributed by atoms with Crippen molar-refractivity contribution in [2.45, 2.75) is 31.8 Å². The number of hydrogen-bond donors (Lipinski definition) is 1. The summed E-state index contributed by atoms with van der Waals surface area (Å²) in [6.07, 6.45) is -11.9. The van der Waals surface area contributed by atoms with Gasteiger partial charge in [0.15, 0.2) is 0 Å². The number of rotatable bonds is 7. The first kappa shape index (κ1) is 25.3. The Morgan fingerprint density at radius 2 is 1.34 bits per heavy atom. The number of carbonyl (C=O) groups excluding carboxylic acids is 1. The number of aryl methyl sites for hydroxylation is 2. The van der Waals surface area contributed by atoms with Crippen molar-refractivity contribution in [2.24, 2.45) is 0 Å². The van der Waals surface area contributed by atoms with E-state index in [1.165, 1.54) is 45.2 Å². The van der Waals surface area contributed by atoms with Gasteiger partial charge in [0, 0.05) is 5.56 Å². The smallest absolute Gasteiger partial charge is 0.430 e. The normalized spacial score (nSPS) is 12.4. The summed E-state index contributed by atoms with van der Waals surface area (Å²) in [6.45, 7) is 2.48. The molecule has 0 amide bonds. The molecular formula is C21H20F6O5. The zero-order valence-electron chi connectivity index (χ0n) is 17.2. The van der Waals surface area contributed by atoms with Gasteiger partial charge in [0.05, 0.1) is 12.7 Å². The van der Waals surface area contributed by atoms with Gasteiger partial charge >= 0.3 is 18.3 Å². The highest BCUT2D eigenvalue weighted by Crippen LogP contribution is 2.50. The Hall–Kier alpha value is -2.95. The highest BCUT2D eigenvalue weighted by molar-refractivity contribution is 5.89. The number of alkyl halides is 6. The van der Waals surface area contributed by atoms with Crippen LogP contribution in [-0.2, 0) is 10.3 Å².